The maximum atomic E-state index is 14.0. The van der Waals surface area contributed by atoms with Crippen LogP contribution in [0.25, 0.3) is 10.8 Å². The van der Waals surface area contributed by atoms with Crippen LogP contribution in [0.3, 0.4) is 0 Å². The quantitative estimate of drug-likeness (QED) is 0.0724. The maximum absolute atomic E-state index is 14.0. The van der Waals surface area contributed by atoms with Crippen LogP contribution in [0.4, 0.5) is 0 Å². The first-order valence-electron chi connectivity index (χ1n) is 16.2. The molecule has 3 aliphatic carbocycles. The van der Waals surface area contributed by atoms with Crippen molar-refractivity contribution in [1.29, 1.82) is 0 Å². The van der Waals surface area contributed by atoms with E-state index in [1.54, 1.807) is 0 Å². The van der Waals surface area contributed by atoms with Gasteiger partial charge in [-0.05, 0) is 91.4 Å². The van der Waals surface area contributed by atoms with E-state index in [4.69, 9.17) is 15.0 Å². The number of nitrogens with two attached hydrogens (primary N) is 1. The first kappa shape index (κ1) is 32.2. The molecule has 1 saturated heterocycles. The predicted molar refractivity (Wildman–Crippen MR) is 173 cm³/mol. The topological polar surface area (TPSA) is 141 Å². The number of guanidine groups is 1. The Hall–Kier alpha value is -3.18. The summed E-state index contributed by atoms with van der Waals surface area (Å²) in [6, 6.07) is 14.6. The Labute approximate surface area is 261 Å². The molecule has 1 heterocycles. The van der Waals surface area contributed by atoms with Gasteiger partial charge in [-0.15, -0.1) is 0 Å². The van der Waals surface area contributed by atoms with E-state index in [9.17, 15) is 14.9 Å². The van der Waals surface area contributed by atoms with Crippen molar-refractivity contribution in [2.75, 3.05) is 6.54 Å². The first-order valence-corrected chi connectivity index (χ1v) is 16.2. The molecule has 44 heavy (non-hydrogen) atoms. The van der Waals surface area contributed by atoms with Crippen molar-refractivity contribution in [2.24, 2.45) is 39.8 Å². The Morgan fingerprint density at radius 1 is 1.16 bits per heavy atom. The van der Waals surface area contributed by atoms with Crippen molar-refractivity contribution in [1.82, 2.24) is 10.7 Å². The minimum atomic E-state index is -0.734. The molecule has 238 valence electrons. The van der Waals surface area contributed by atoms with E-state index in [1.165, 1.54) is 22.8 Å². The van der Waals surface area contributed by atoms with Crippen molar-refractivity contribution < 1.29 is 19.1 Å². The maximum Gasteiger partial charge on any atom is 0.481 e. The highest BCUT2D eigenvalue weighted by molar-refractivity contribution is 6.47. The van der Waals surface area contributed by atoms with Crippen molar-refractivity contribution in [3.05, 3.63) is 58.1 Å². The first-order chi connectivity index (χ1) is 20.9. The molecule has 6 rings (SSSR count). The molecule has 6 atom stereocenters. The van der Waals surface area contributed by atoms with Crippen LogP contribution in [-0.4, -0.2) is 48.2 Å². The fourth-order valence-corrected chi connectivity index (χ4v) is 8.03. The summed E-state index contributed by atoms with van der Waals surface area (Å²) in [6.07, 6.45) is 5.53. The zero-order chi connectivity index (χ0) is 31.6. The highest BCUT2D eigenvalue weighted by Crippen LogP contribution is 2.65. The molecule has 4 fully saturated rings. The lowest BCUT2D eigenvalue weighted by atomic mass is 9.43. The van der Waals surface area contributed by atoms with Gasteiger partial charge in [0.1, 0.15) is 0 Å². The highest BCUT2D eigenvalue weighted by Gasteiger charge is 2.68. The number of benzene rings is 2. The van der Waals surface area contributed by atoms with Gasteiger partial charge in [0.05, 0.1) is 17.6 Å². The Kier molecular flexibility index (Phi) is 9.56. The average molecular weight is 606 g/mol. The predicted octanol–water partition coefficient (Wildman–Crippen LogP) is 5.06. The zero-order valence-electron chi connectivity index (χ0n) is 26.8. The van der Waals surface area contributed by atoms with Crippen molar-refractivity contribution in [2.45, 2.75) is 97.2 Å². The molecule has 0 unspecified atom stereocenters. The summed E-state index contributed by atoms with van der Waals surface area (Å²) >= 11 is 0. The summed E-state index contributed by atoms with van der Waals surface area (Å²) in [7, 11) is -0.484. The number of carbonyl (C=O) groups is 1. The Morgan fingerprint density at radius 2 is 1.91 bits per heavy atom. The van der Waals surface area contributed by atoms with E-state index in [0.29, 0.717) is 37.0 Å². The smallest absolute Gasteiger partial charge is 0.404 e. The largest absolute Gasteiger partial charge is 0.481 e. The third-order valence-corrected chi connectivity index (χ3v) is 10.6. The van der Waals surface area contributed by atoms with E-state index >= 15 is 0 Å². The van der Waals surface area contributed by atoms with Crippen LogP contribution in [0.15, 0.2) is 47.5 Å². The van der Waals surface area contributed by atoms with Gasteiger partial charge in [-0.1, -0.05) is 75.6 Å². The fourth-order valence-electron chi connectivity index (χ4n) is 8.03. The molecule has 10 nitrogen and oxygen atoms in total. The van der Waals surface area contributed by atoms with Crippen LogP contribution in [0.2, 0.25) is 0 Å². The third kappa shape index (κ3) is 6.73. The summed E-state index contributed by atoms with van der Waals surface area (Å²) in [4.78, 5) is 28.8. The van der Waals surface area contributed by atoms with Gasteiger partial charge in [-0.25, -0.2) is 15.1 Å². The summed E-state index contributed by atoms with van der Waals surface area (Å²) in [5.74, 6) is 0.641. The van der Waals surface area contributed by atoms with E-state index in [0.717, 1.165) is 19.3 Å². The summed E-state index contributed by atoms with van der Waals surface area (Å²) in [5, 5.41) is 15.7. The lowest BCUT2D eigenvalue weighted by Crippen LogP contribution is -2.65. The SMILES string of the molecule is CC(C)C[C@H](NC(=O)[C@H](CCCN=C(N)N[N+](=O)[O-])CCc1cccc2ccccc12)B1O[C@@H]2C[C@@H]3C[C@@H](C3(C)C)[C@]2(C)O1. The Morgan fingerprint density at radius 3 is 2.64 bits per heavy atom. The minimum Gasteiger partial charge on any atom is -0.404 e. The Bertz CT molecular complexity index is 1380. The van der Waals surface area contributed by atoms with Gasteiger partial charge in [-0.3, -0.25) is 4.79 Å². The average Bonchev–Trinajstić information content (AvgIpc) is 3.33. The molecule has 1 aliphatic heterocycles. The lowest BCUT2D eigenvalue weighted by Gasteiger charge is -2.64. The van der Waals surface area contributed by atoms with Gasteiger partial charge < -0.3 is 20.4 Å². The minimum absolute atomic E-state index is 0.0203. The molecule has 0 spiro atoms. The molecule has 4 N–H and O–H groups in total. The van der Waals surface area contributed by atoms with Crippen molar-refractivity contribution in [3.63, 3.8) is 0 Å². The molecule has 4 aliphatic rings. The number of hydrogen-bond acceptors (Lipinski definition) is 6. The number of nitrogens with zero attached hydrogens (tertiary/aromatic N) is 2. The van der Waals surface area contributed by atoms with E-state index in [-0.39, 0.29) is 47.4 Å². The van der Waals surface area contributed by atoms with Crippen LogP contribution in [0.1, 0.15) is 78.7 Å². The second-order valence-electron chi connectivity index (χ2n) is 14.2. The van der Waals surface area contributed by atoms with Gasteiger partial charge in [0.2, 0.25) is 5.91 Å². The van der Waals surface area contributed by atoms with Crippen LogP contribution in [0, 0.1) is 39.2 Å². The summed E-state index contributed by atoms with van der Waals surface area (Å²) < 4.78 is 13.4. The third-order valence-electron chi connectivity index (χ3n) is 10.6. The lowest BCUT2D eigenvalue weighted by molar-refractivity contribution is -0.525. The van der Waals surface area contributed by atoms with Gasteiger partial charge in [0.15, 0.2) is 5.03 Å². The number of aryl methyl sites for hydroxylation is 1. The number of aliphatic imine (C=N–C) groups is 1. The number of carbonyl (C=O) groups excluding carboxylic acids is 1. The van der Waals surface area contributed by atoms with Gasteiger partial charge in [0.25, 0.3) is 5.96 Å². The molecule has 11 heteroatoms. The van der Waals surface area contributed by atoms with Crippen LogP contribution in [-0.2, 0) is 20.5 Å². The molecule has 3 saturated carbocycles. The van der Waals surface area contributed by atoms with Crippen LogP contribution >= 0.6 is 0 Å². The fraction of sp³-hybridized carbons (Fsp3) is 0.636. The summed E-state index contributed by atoms with van der Waals surface area (Å²) in [6.45, 7) is 11.5. The standard InChI is InChI=1S/C33H48BN5O5/c1-21(2)18-29(34-43-28-20-25-19-27(32(25,3)4)33(28,5)44-34)37-30(40)24(13-9-17-36-31(35)38-39(41)42)16-15-23-12-8-11-22-10-6-7-14-26(22)23/h6-8,10-12,14,21,24-25,27-29H,9,13,15-20H2,1-5H3,(H,37,40)(H3,35,36,38)/t24-,25+,27+,28-,29+,33+/m1/s1. The van der Waals surface area contributed by atoms with E-state index in [1.807, 2.05) is 17.6 Å². The number of hydrogen-bond donors (Lipinski definition) is 3. The monoisotopic (exact) mass is 605 g/mol. The number of fused-ring (bicyclic) bond motifs is 1. The number of nitro groups is 1. The van der Waals surface area contributed by atoms with E-state index < -0.39 is 12.2 Å². The molecule has 2 bridgehead atoms. The highest BCUT2D eigenvalue weighted by atomic mass is 16.7. The molecule has 1 amide bonds. The molecule has 2 aromatic carbocycles. The normalized spacial score (nSPS) is 27.0. The molecule has 0 aromatic heterocycles. The van der Waals surface area contributed by atoms with Crippen molar-refractivity contribution in [3.8, 4) is 0 Å². The van der Waals surface area contributed by atoms with Crippen molar-refractivity contribution >= 4 is 29.8 Å². The number of rotatable bonds is 13. The summed E-state index contributed by atoms with van der Waals surface area (Å²) in [5.41, 5.74) is 8.58. The number of hydrazine groups is 1. The van der Waals surface area contributed by atoms with Gasteiger partial charge in [0, 0.05) is 12.5 Å². The van der Waals surface area contributed by atoms with Crippen LogP contribution < -0.4 is 16.5 Å². The molecular weight excluding hydrogens is 557 g/mol. The van der Waals surface area contributed by atoms with Gasteiger partial charge >= 0.3 is 7.12 Å². The second-order valence-corrected chi connectivity index (χ2v) is 14.2. The molecule has 0 radical (unpaired) electrons. The van der Waals surface area contributed by atoms with Crippen LogP contribution in [0.5, 0.6) is 0 Å². The second kappa shape index (κ2) is 13.0. The van der Waals surface area contributed by atoms with Gasteiger partial charge in [-0.2, -0.15) is 0 Å². The van der Waals surface area contributed by atoms with E-state index in [2.05, 4.69) is 75.3 Å². The molecular formula is C33H48BN5O5. The number of nitrogens with one attached hydrogen (secondary N) is 2. The Balaban J connectivity index is 1.30. The zero-order valence-corrected chi connectivity index (χ0v) is 26.8. The number of amides is 1. The molecule has 2 aromatic rings.